The zero-order valence-electron chi connectivity index (χ0n) is 12.1. The van der Waals surface area contributed by atoms with Crippen LogP contribution in [0.3, 0.4) is 0 Å². The summed E-state index contributed by atoms with van der Waals surface area (Å²) in [5.74, 6) is 0.912. The van der Waals surface area contributed by atoms with Gasteiger partial charge in [0.1, 0.15) is 24.6 Å². The summed E-state index contributed by atoms with van der Waals surface area (Å²) >= 11 is 0. The minimum atomic E-state index is 0.337. The fourth-order valence-corrected chi connectivity index (χ4v) is 2.07. The standard InChI is InChI=1S/C15H16N6O/c1-2-22-20-8-12-14(16)18-9-19-15(12)21-11-3-4-13-10(7-11)5-6-17-13/h3-9,17H,2H2,1H3,(H3,16,18,19,21). The Kier molecular flexibility index (Phi) is 3.86. The van der Waals surface area contributed by atoms with Gasteiger partial charge in [-0.2, -0.15) is 0 Å². The second-order valence-electron chi connectivity index (χ2n) is 4.58. The van der Waals surface area contributed by atoms with E-state index in [1.165, 1.54) is 12.5 Å². The van der Waals surface area contributed by atoms with Gasteiger partial charge < -0.3 is 20.9 Å². The normalized spacial score (nSPS) is 11.1. The van der Waals surface area contributed by atoms with Crippen LogP contribution in [0.4, 0.5) is 17.3 Å². The number of nitrogens with zero attached hydrogens (tertiary/aromatic N) is 3. The fourth-order valence-electron chi connectivity index (χ4n) is 2.07. The molecule has 0 radical (unpaired) electrons. The van der Waals surface area contributed by atoms with E-state index in [9.17, 15) is 0 Å². The maximum atomic E-state index is 5.89. The van der Waals surface area contributed by atoms with Gasteiger partial charge in [-0.25, -0.2) is 9.97 Å². The molecule has 3 rings (SSSR count). The van der Waals surface area contributed by atoms with Crippen molar-refractivity contribution in [3.63, 3.8) is 0 Å². The molecule has 0 saturated heterocycles. The van der Waals surface area contributed by atoms with Crippen molar-refractivity contribution in [2.24, 2.45) is 5.16 Å². The second-order valence-corrected chi connectivity index (χ2v) is 4.58. The summed E-state index contributed by atoms with van der Waals surface area (Å²) in [7, 11) is 0. The summed E-state index contributed by atoms with van der Waals surface area (Å²) < 4.78 is 0. The lowest BCUT2D eigenvalue weighted by molar-refractivity contribution is 0.160. The molecule has 0 unspecified atom stereocenters. The SMILES string of the molecule is CCON=Cc1c(N)ncnc1Nc1ccc2[nH]ccc2c1. The number of fused-ring (bicyclic) bond motifs is 1. The Morgan fingerprint density at radius 2 is 2.27 bits per heavy atom. The molecule has 0 aliphatic heterocycles. The Bertz CT molecular complexity index is 811. The number of anilines is 3. The molecule has 0 spiro atoms. The first-order valence-corrected chi connectivity index (χ1v) is 6.88. The first-order chi connectivity index (χ1) is 10.8. The van der Waals surface area contributed by atoms with E-state index in [2.05, 4.69) is 25.4 Å². The predicted molar refractivity (Wildman–Crippen MR) is 87.2 cm³/mol. The Balaban J connectivity index is 1.92. The number of nitrogens with two attached hydrogens (primary N) is 1. The van der Waals surface area contributed by atoms with E-state index in [4.69, 9.17) is 10.6 Å². The Labute approximate surface area is 127 Å². The summed E-state index contributed by atoms with van der Waals surface area (Å²) in [6.07, 6.45) is 4.82. The van der Waals surface area contributed by atoms with Crippen LogP contribution in [0, 0.1) is 0 Å². The highest BCUT2D eigenvalue weighted by Crippen LogP contribution is 2.23. The molecule has 0 bridgehead atoms. The third-order valence-corrected chi connectivity index (χ3v) is 3.12. The quantitative estimate of drug-likeness (QED) is 0.496. The van der Waals surface area contributed by atoms with Crippen molar-refractivity contribution >= 4 is 34.4 Å². The van der Waals surface area contributed by atoms with Gasteiger partial charge in [-0.05, 0) is 31.2 Å². The summed E-state index contributed by atoms with van der Waals surface area (Å²) in [6, 6.07) is 7.98. The highest BCUT2D eigenvalue weighted by molar-refractivity contribution is 5.93. The molecule has 0 fully saturated rings. The minimum absolute atomic E-state index is 0.337. The fraction of sp³-hybridized carbons (Fsp3) is 0.133. The van der Waals surface area contributed by atoms with E-state index in [0.29, 0.717) is 23.8 Å². The van der Waals surface area contributed by atoms with Crippen molar-refractivity contribution in [3.8, 4) is 0 Å². The molecule has 22 heavy (non-hydrogen) atoms. The second kappa shape index (κ2) is 6.13. The zero-order chi connectivity index (χ0) is 15.4. The lowest BCUT2D eigenvalue weighted by Gasteiger charge is -2.09. The molecule has 0 atom stereocenters. The van der Waals surface area contributed by atoms with Gasteiger partial charge in [0.05, 0.1) is 11.8 Å². The van der Waals surface area contributed by atoms with Crippen LogP contribution in [0.15, 0.2) is 41.9 Å². The Hall–Kier alpha value is -3.09. The van der Waals surface area contributed by atoms with Crippen molar-refractivity contribution in [2.75, 3.05) is 17.7 Å². The number of rotatable bonds is 5. The molecule has 4 N–H and O–H groups in total. The number of aromatic nitrogens is 3. The van der Waals surface area contributed by atoms with Gasteiger partial charge in [0, 0.05) is 22.8 Å². The average molecular weight is 296 g/mol. The van der Waals surface area contributed by atoms with Crippen molar-refractivity contribution in [2.45, 2.75) is 6.92 Å². The number of aromatic amines is 1. The van der Waals surface area contributed by atoms with Gasteiger partial charge in [0.15, 0.2) is 0 Å². The summed E-state index contributed by atoms with van der Waals surface area (Å²) in [5.41, 5.74) is 8.45. The van der Waals surface area contributed by atoms with Crippen LogP contribution >= 0.6 is 0 Å². The van der Waals surface area contributed by atoms with Gasteiger partial charge >= 0.3 is 0 Å². The Morgan fingerprint density at radius 1 is 1.36 bits per heavy atom. The molecular formula is C15H16N6O. The largest absolute Gasteiger partial charge is 0.396 e. The van der Waals surface area contributed by atoms with E-state index < -0.39 is 0 Å². The van der Waals surface area contributed by atoms with Gasteiger partial charge in [-0.15, -0.1) is 0 Å². The highest BCUT2D eigenvalue weighted by atomic mass is 16.6. The van der Waals surface area contributed by atoms with Crippen LogP contribution in [0.5, 0.6) is 0 Å². The predicted octanol–water partition coefficient (Wildman–Crippen LogP) is 2.65. The molecular weight excluding hydrogens is 280 g/mol. The molecule has 7 nitrogen and oxygen atoms in total. The van der Waals surface area contributed by atoms with E-state index in [1.54, 1.807) is 0 Å². The van der Waals surface area contributed by atoms with Gasteiger partial charge in [0.2, 0.25) is 0 Å². The number of benzene rings is 1. The Morgan fingerprint density at radius 3 is 3.14 bits per heavy atom. The number of hydrogen-bond donors (Lipinski definition) is 3. The highest BCUT2D eigenvalue weighted by Gasteiger charge is 2.08. The molecule has 0 aliphatic rings. The number of H-pyrrole nitrogens is 1. The smallest absolute Gasteiger partial charge is 0.144 e. The minimum Gasteiger partial charge on any atom is -0.396 e. The van der Waals surface area contributed by atoms with Gasteiger partial charge in [-0.1, -0.05) is 5.16 Å². The van der Waals surface area contributed by atoms with Gasteiger partial charge in [0.25, 0.3) is 0 Å². The molecule has 7 heteroatoms. The van der Waals surface area contributed by atoms with E-state index >= 15 is 0 Å². The van der Waals surface area contributed by atoms with Crippen LogP contribution < -0.4 is 11.1 Å². The maximum Gasteiger partial charge on any atom is 0.144 e. The summed E-state index contributed by atoms with van der Waals surface area (Å²) in [6.45, 7) is 2.34. The molecule has 112 valence electrons. The molecule has 0 amide bonds. The molecule has 2 aromatic heterocycles. The number of nitrogens with one attached hydrogen (secondary N) is 2. The number of nitrogen functional groups attached to an aromatic ring is 1. The molecule has 3 aromatic rings. The first kappa shape index (κ1) is 13.9. The molecule has 2 heterocycles. The van der Waals surface area contributed by atoms with Crippen LogP contribution in [0.25, 0.3) is 10.9 Å². The maximum absolute atomic E-state index is 5.89. The lowest BCUT2D eigenvalue weighted by Crippen LogP contribution is -2.05. The van der Waals surface area contributed by atoms with Crippen molar-refractivity contribution < 1.29 is 4.84 Å². The van der Waals surface area contributed by atoms with Gasteiger partial charge in [-0.3, -0.25) is 0 Å². The van der Waals surface area contributed by atoms with Crippen molar-refractivity contribution in [1.82, 2.24) is 15.0 Å². The lowest BCUT2D eigenvalue weighted by atomic mass is 10.2. The van der Waals surface area contributed by atoms with Crippen molar-refractivity contribution in [1.29, 1.82) is 0 Å². The topological polar surface area (TPSA) is 101 Å². The number of hydrogen-bond acceptors (Lipinski definition) is 6. The monoisotopic (exact) mass is 296 g/mol. The number of oxime groups is 1. The van der Waals surface area contributed by atoms with Crippen molar-refractivity contribution in [3.05, 3.63) is 42.4 Å². The van der Waals surface area contributed by atoms with Crippen LogP contribution in [-0.2, 0) is 4.84 Å². The van der Waals surface area contributed by atoms with E-state index in [-0.39, 0.29) is 0 Å². The van der Waals surface area contributed by atoms with Crippen LogP contribution in [-0.4, -0.2) is 27.8 Å². The van der Waals surface area contributed by atoms with E-state index in [1.807, 2.05) is 37.4 Å². The summed E-state index contributed by atoms with van der Waals surface area (Å²) in [4.78, 5) is 16.3. The van der Waals surface area contributed by atoms with Crippen LogP contribution in [0.2, 0.25) is 0 Å². The third-order valence-electron chi connectivity index (χ3n) is 3.12. The zero-order valence-corrected chi connectivity index (χ0v) is 12.1. The third kappa shape index (κ3) is 2.83. The molecule has 1 aromatic carbocycles. The molecule has 0 aliphatic carbocycles. The average Bonchev–Trinajstić information content (AvgIpc) is 2.98. The van der Waals surface area contributed by atoms with Crippen LogP contribution in [0.1, 0.15) is 12.5 Å². The molecule has 0 saturated carbocycles. The van der Waals surface area contributed by atoms with E-state index in [0.717, 1.165) is 16.6 Å². The summed E-state index contributed by atoms with van der Waals surface area (Å²) in [5, 5.41) is 8.17. The first-order valence-electron chi connectivity index (χ1n) is 6.88.